The molecule has 0 heterocycles. The van der Waals surface area contributed by atoms with Crippen LogP contribution in [0.3, 0.4) is 0 Å². The van der Waals surface area contributed by atoms with E-state index in [1.807, 2.05) is 0 Å². The number of aryl methyl sites for hydroxylation is 1. The molecule has 6 aromatic rings. The van der Waals surface area contributed by atoms with Gasteiger partial charge in [0.15, 0.2) is 11.5 Å². The summed E-state index contributed by atoms with van der Waals surface area (Å²) < 4.78 is 108. The molecule has 6 rings (SSSR count). The van der Waals surface area contributed by atoms with Crippen molar-refractivity contribution in [1.82, 2.24) is 0 Å². The van der Waals surface area contributed by atoms with Crippen LogP contribution in [0, 0.1) is 6.92 Å². The molecule has 1 amide bonds. The molecule has 0 radical (unpaired) electrons. The number of ether oxygens (including phenoxy) is 1. The Morgan fingerprint density at radius 3 is 1.86 bits per heavy atom. The fraction of sp³-hybridized carbons (Fsp3) is 0.0833. The molecule has 6 aromatic carbocycles. The van der Waals surface area contributed by atoms with Crippen LogP contribution in [0.2, 0.25) is 0 Å². The Bertz CT molecular complexity index is 3160. The van der Waals surface area contributed by atoms with Gasteiger partial charge in [-0.05, 0) is 90.0 Å². The lowest BCUT2D eigenvalue weighted by atomic mass is 10.0. The van der Waals surface area contributed by atoms with Crippen LogP contribution in [0.25, 0.3) is 21.5 Å². The van der Waals surface area contributed by atoms with Crippen LogP contribution >= 0.6 is 0 Å². The SMILES string of the molecule is COc1cc(N=Nc2c(C)cc3cc(Nc4ccc(N)c(S(=O)(=O)O)c4)ccc3c2O)c(S(=O)(=O)O)cc1N=Nc1c(S(=O)(=O)O)cc2ccc(NC(C)=O)cc2c1O. The van der Waals surface area contributed by atoms with Crippen LogP contribution in [-0.2, 0) is 35.1 Å². The Balaban J connectivity index is 1.38. The van der Waals surface area contributed by atoms with Crippen molar-refractivity contribution in [2.75, 3.05) is 23.5 Å². The standard InChI is InChI=1S/C36H31N7O13S3/c1-17-10-20-11-21(39-23-7-9-26(37)30(14-23)57(47,48)49)6-8-24(20)35(45)33(17)42-41-28-15-29(56-3)27(16-31(28)58(50,51)52)40-43-34-32(59(53,54)55)12-19-4-5-22(38-18(2)44)13-25(19)36(34)46/h4-16,39,45-46H,37H2,1-3H3,(H,38,44)(H,47,48,49)(H,50,51,52)(H,53,54,55). The summed E-state index contributed by atoms with van der Waals surface area (Å²) >= 11 is 0. The van der Waals surface area contributed by atoms with E-state index in [1.165, 1.54) is 43.3 Å². The summed E-state index contributed by atoms with van der Waals surface area (Å²) in [4.78, 5) is 9.34. The highest BCUT2D eigenvalue weighted by Gasteiger charge is 2.25. The number of phenolic OH excluding ortho intramolecular Hbond substituents is 2. The van der Waals surface area contributed by atoms with E-state index in [1.54, 1.807) is 25.1 Å². The third kappa shape index (κ3) is 8.89. The molecule has 306 valence electrons. The third-order valence-electron chi connectivity index (χ3n) is 8.56. The number of nitrogens with zero attached hydrogens (tertiary/aromatic N) is 4. The Kier molecular flexibility index (Phi) is 11.0. The van der Waals surface area contributed by atoms with Gasteiger partial charge in [-0.1, -0.05) is 6.07 Å². The first kappa shape index (κ1) is 41.9. The number of rotatable bonds is 11. The molecule has 0 aliphatic rings. The predicted molar refractivity (Wildman–Crippen MR) is 215 cm³/mol. The van der Waals surface area contributed by atoms with E-state index in [4.69, 9.17) is 10.5 Å². The second-order valence-corrected chi connectivity index (χ2v) is 16.9. The second kappa shape index (κ2) is 15.5. The molecule has 0 saturated heterocycles. The molecule has 0 aliphatic heterocycles. The number of anilines is 4. The van der Waals surface area contributed by atoms with Gasteiger partial charge >= 0.3 is 0 Å². The molecule has 0 fully saturated rings. The van der Waals surface area contributed by atoms with Gasteiger partial charge in [0.1, 0.15) is 43.2 Å². The first-order chi connectivity index (χ1) is 27.5. The number of nitrogens with one attached hydrogen (secondary N) is 2. The van der Waals surface area contributed by atoms with Crippen LogP contribution in [0.4, 0.5) is 45.5 Å². The zero-order chi connectivity index (χ0) is 43.2. The van der Waals surface area contributed by atoms with Crippen molar-refractivity contribution < 1.29 is 58.7 Å². The van der Waals surface area contributed by atoms with Crippen LogP contribution in [0.15, 0.2) is 114 Å². The van der Waals surface area contributed by atoms with E-state index in [0.717, 1.165) is 31.4 Å². The molecule has 20 nitrogen and oxygen atoms in total. The summed E-state index contributed by atoms with van der Waals surface area (Å²) in [5, 5.41) is 44.4. The zero-order valence-corrected chi connectivity index (χ0v) is 33.0. The van der Waals surface area contributed by atoms with E-state index in [9.17, 15) is 53.9 Å². The van der Waals surface area contributed by atoms with Crippen LogP contribution < -0.4 is 21.1 Å². The minimum absolute atomic E-state index is 0.00155. The summed E-state index contributed by atoms with van der Waals surface area (Å²) in [6.45, 7) is 2.82. The largest absolute Gasteiger partial charge is 0.505 e. The Morgan fingerprint density at radius 2 is 1.22 bits per heavy atom. The maximum Gasteiger partial charge on any atom is 0.296 e. The van der Waals surface area contributed by atoms with E-state index >= 15 is 0 Å². The highest BCUT2D eigenvalue weighted by Crippen LogP contribution is 2.45. The maximum atomic E-state index is 12.6. The molecule has 0 saturated carbocycles. The number of benzene rings is 6. The predicted octanol–water partition coefficient (Wildman–Crippen LogP) is 7.58. The van der Waals surface area contributed by atoms with Crippen LogP contribution in [0.1, 0.15) is 12.5 Å². The first-order valence-corrected chi connectivity index (χ1v) is 20.9. The van der Waals surface area contributed by atoms with Gasteiger partial charge in [0.25, 0.3) is 30.4 Å². The number of amides is 1. The van der Waals surface area contributed by atoms with Crippen molar-refractivity contribution in [2.24, 2.45) is 20.5 Å². The number of aromatic hydroxyl groups is 2. The number of nitrogen functional groups attached to an aromatic ring is 1. The second-order valence-electron chi connectivity index (χ2n) is 12.7. The fourth-order valence-electron chi connectivity index (χ4n) is 5.91. The Labute approximate surface area is 335 Å². The molecule has 59 heavy (non-hydrogen) atoms. The normalized spacial score (nSPS) is 12.4. The number of hydrogen-bond acceptors (Lipinski definition) is 16. The van der Waals surface area contributed by atoms with Crippen molar-refractivity contribution in [3.63, 3.8) is 0 Å². The summed E-state index contributed by atoms with van der Waals surface area (Å²) in [5.74, 6) is -1.81. The third-order valence-corrected chi connectivity index (χ3v) is 11.2. The van der Waals surface area contributed by atoms with Gasteiger partial charge in [0.2, 0.25) is 5.91 Å². The lowest BCUT2D eigenvalue weighted by Gasteiger charge is -2.12. The highest BCUT2D eigenvalue weighted by atomic mass is 32.2. The molecule has 0 atom stereocenters. The van der Waals surface area contributed by atoms with Gasteiger partial charge in [-0.2, -0.15) is 25.3 Å². The molecular formula is C36H31N7O13S3. The van der Waals surface area contributed by atoms with Gasteiger partial charge in [-0.3, -0.25) is 18.5 Å². The summed E-state index contributed by atoms with van der Waals surface area (Å²) in [7, 11) is -13.6. The monoisotopic (exact) mass is 865 g/mol. The minimum atomic E-state index is -5.10. The number of hydrogen-bond donors (Lipinski definition) is 8. The topological polar surface area (TPSA) is 329 Å². The first-order valence-electron chi connectivity index (χ1n) is 16.5. The van der Waals surface area contributed by atoms with Crippen molar-refractivity contribution >= 4 is 103 Å². The number of phenols is 2. The molecular weight excluding hydrogens is 835 g/mol. The molecule has 9 N–H and O–H groups in total. The van der Waals surface area contributed by atoms with Gasteiger partial charge in [-0.15, -0.1) is 20.5 Å². The average Bonchev–Trinajstić information content (AvgIpc) is 3.13. The van der Waals surface area contributed by atoms with E-state index in [2.05, 4.69) is 31.1 Å². The van der Waals surface area contributed by atoms with Crippen molar-refractivity contribution in [3.8, 4) is 17.2 Å². The number of azo groups is 2. The molecule has 0 aliphatic carbocycles. The number of carbonyl (C=O) groups excluding carboxylic acids is 1. The van der Waals surface area contributed by atoms with Crippen molar-refractivity contribution in [1.29, 1.82) is 0 Å². The highest BCUT2D eigenvalue weighted by molar-refractivity contribution is 7.86. The van der Waals surface area contributed by atoms with E-state index in [-0.39, 0.29) is 50.4 Å². The van der Waals surface area contributed by atoms with Gasteiger partial charge < -0.3 is 31.3 Å². The fourth-order valence-corrected chi connectivity index (χ4v) is 7.83. The van der Waals surface area contributed by atoms with Crippen LogP contribution in [-0.4, -0.2) is 62.1 Å². The molecule has 0 spiro atoms. The van der Waals surface area contributed by atoms with Crippen LogP contribution in [0.5, 0.6) is 17.2 Å². The smallest absolute Gasteiger partial charge is 0.296 e. The molecule has 0 aromatic heterocycles. The Morgan fingerprint density at radius 1 is 0.627 bits per heavy atom. The minimum Gasteiger partial charge on any atom is -0.505 e. The number of carbonyl (C=O) groups is 1. The van der Waals surface area contributed by atoms with Gasteiger partial charge in [-0.25, -0.2) is 0 Å². The van der Waals surface area contributed by atoms with Crippen molar-refractivity contribution in [2.45, 2.75) is 28.5 Å². The molecule has 0 unspecified atom stereocenters. The van der Waals surface area contributed by atoms with Gasteiger partial charge in [0, 0.05) is 40.8 Å². The lowest BCUT2D eigenvalue weighted by Crippen LogP contribution is -2.05. The number of nitrogens with two attached hydrogens (primary N) is 1. The maximum absolute atomic E-state index is 12.6. The molecule has 23 heteroatoms. The number of methoxy groups -OCH3 is 1. The zero-order valence-electron chi connectivity index (χ0n) is 30.6. The quantitative estimate of drug-likeness (QED) is 0.0353. The number of fused-ring (bicyclic) bond motifs is 2. The van der Waals surface area contributed by atoms with Gasteiger partial charge in [0.05, 0.1) is 12.8 Å². The Hall–Kier alpha value is -6.76. The summed E-state index contributed by atoms with van der Waals surface area (Å²) in [6.07, 6.45) is 0. The lowest BCUT2D eigenvalue weighted by molar-refractivity contribution is -0.114. The average molecular weight is 866 g/mol. The molecule has 0 bridgehead atoms. The van der Waals surface area contributed by atoms with E-state index in [0.29, 0.717) is 16.6 Å². The summed E-state index contributed by atoms with van der Waals surface area (Å²) in [6, 6.07) is 17.1. The summed E-state index contributed by atoms with van der Waals surface area (Å²) in [5.41, 5.74) is 5.08. The van der Waals surface area contributed by atoms with Crippen molar-refractivity contribution in [3.05, 3.63) is 84.4 Å². The van der Waals surface area contributed by atoms with E-state index < -0.39 is 73.8 Å².